The lowest BCUT2D eigenvalue weighted by Crippen LogP contribution is -2.23. The molecule has 5 nitrogen and oxygen atoms in total. The minimum Gasteiger partial charge on any atom is -0.492 e. The summed E-state index contributed by atoms with van der Waals surface area (Å²) in [6.45, 7) is 2.19. The second kappa shape index (κ2) is 7.50. The number of rotatable bonds is 8. The first-order chi connectivity index (χ1) is 10.1. The average Bonchev–Trinajstić information content (AvgIpc) is 2.93. The van der Waals surface area contributed by atoms with E-state index in [9.17, 15) is 4.79 Å². The van der Waals surface area contributed by atoms with E-state index >= 15 is 0 Å². The molecule has 0 amide bonds. The molecule has 0 saturated carbocycles. The second-order valence-electron chi connectivity index (χ2n) is 4.93. The van der Waals surface area contributed by atoms with Crippen LogP contribution in [-0.2, 0) is 17.8 Å². The summed E-state index contributed by atoms with van der Waals surface area (Å²) in [4.78, 5) is 12.7. The van der Waals surface area contributed by atoms with Crippen molar-refractivity contribution in [2.24, 2.45) is 0 Å². The molecular formula is C16H19NO4. The van der Waals surface area contributed by atoms with E-state index < -0.39 is 5.97 Å². The van der Waals surface area contributed by atoms with E-state index in [4.69, 9.17) is 14.3 Å². The Labute approximate surface area is 123 Å². The van der Waals surface area contributed by atoms with Crippen molar-refractivity contribution in [2.75, 3.05) is 20.2 Å². The summed E-state index contributed by atoms with van der Waals surface area (Å²) in [6, 6.07) is 9.10. The van der Waals surface area contributed by atoms with Crippen LogP contribution in [0.2, 0.25) is 0 Å². The maximum absolute atomic E-state index is 10.6. The van der Waals surface area contributed by atoms with Gasteiger partial charge in [-0.05, 0) is 30.8 Å². The molecule has 1 aromatic carbocycles. The molecule has 0 spiro atoms. The minimum atomic E-state index is -0.829. The number of carboxylic acids is 1. The Morgan fingerprint density at radius 1 is 1.24 bits per heavy atom. The van der Waals surface area contributed by atoms with Gasteiger partial charge in [-0.15, -0.1) is 0 Å². The molecule has 0 atom stereocenters. The third kappa shape index (κ3) is 5.31. The van der Waals surface area contributed by atoms with E-state index in [2.05, 4.69) is 4.90 Å². The summed E-state index contributed by atoms with van der Waals surface area (Å²) < 4.78 is 10.7. The quantitative estimate of drug-likeness (QED) is 0.808. The number of benzene rings is 1. The Kier molecular flexibility index (Phi) is 5.40. The molecule has 0 aliphatic heterocycles. The van der Waals surface area contributed by atoms with Crippen LogP contribution < -0.4 is 4.74 Å². The molecule has 0 fully saturated rings. The van der Waals surface area contributed by atoms with Crippen molar-refractivity contribution in [1.82, 2.24) is 4.90 Å². The zero-order valence-corrected chi connectivity index (χ0v) is 12.0. The Bertz CT molecular complexity index is 548. The molecule has 2 aromatic rings. The number of likely N-dealkylation sites (N-methyl/N-ethyl adjacent to an activating group) is 1. The lowest BCUT2D eigenvalue weighted by Gasteiger charge is -2.16. The van der Waals surface area contributed by atoms with E-state index in [0.29, 0.717) is 6.61 Å². The highest BCUT2D eigenvalue weighted by Gasteiger charge is 2.03. The first-order valence-corrected chi connectivity index (χ1v) is 6.76. The SMILES string of the molecule is CN(CCOc1ccc(CC(=O)O)cc1)Cc1ccoc1. The smallest absolute Gasteiger partial charge is 0.307 e. The fourth-order valence-corrected chi connectivity index (χ4v) is 1.97. The number of aliphatic carboxylic acids is 1. The van der Waals surface area contributed by atoms with Crippen LogP contribution in [0, 0.1) is 0 Å². The molecule has 0 saturated heterocycles. The highest BCUT2D eigenvalue weighted by molar-refractivity contribution is 5.70. The number of nitrogens with zero attached hydrogens (tertiary/aromatic N) is 1. The summed E-state index contributed by atoms with van der Waals surface area (Å²) >= 11 is 0. The zero-order chi connectivity index (χ0) is 15.1. The highest BCUT2D eigenvalue weighted by atomic mass is 16.5. The molecule has 0 bridgehead atoms. The summed E-state index contributed by atoms with van der Waals surface area (Å²) in [6.07, 6.45) is 3.44. The molecule has 2 rings (SSSR count). The molecule has 0 unspecified atom stereocenters. The number of furan rings is 1. The van der Waals surface area contributed by atoms with Gasteiger partial charge in [-0.25, -0.2) is 0 Å². The van der Waals surface area contributed by atoms with Crippen LogP contribution in [0.5, 0.6) is 5.75 Å². The Morgan fingerprint density at radius 2 is 2.00 bits per heavy atom. The molecule has 1 aromatic heterocycles. The lowest BCUT2D eigenvalue weighted by molar-refractivity contribution is -0.136. The van der Waals surface area contributed by atoms with Gasteiger partial charge in [0.1, 0.15) is 12.4 Å². The third-order valence-electron chi connectivity index (χ3n) is 3.05. The van der Waals surface area contributed by atoms with Crippen molar-refractivity contribution < 1.29 is 19.1 Å². The zero-order valence-electron chi connectivity index (χ0n) is 12.0. The molecule has 0 aliphatic carbocycles. The second-order valence-corrected chi connectivity index (χ2v) is 4.93. The van der Waals surface area contributed by atoms with Crippen molar-refractivity contribution in [3.05, 3.63) is 54.0 Å². The maximum Gasteiger partial charge on any atom is 0.307 e. The largest absolute Gasteiger partial charge is 0.492 e. The van der Waals surface area contributed by atoms with Gasteiger partial charge in [0.2, 0.25) is 0 Å². The van der Waals surface area contributed by atoms with Gasteiger partial charge in [0, 0.05) is 18.7 Å². The van der Waals surface area contributed by atoms with Crippen LogP contribution in [0.15, 0.2) is 47.3 Å². The predicted molar refractivity (Wildman–Crippen MR) is 78.3 cm³/mol. The third-order valence-corrected chi connectivity index (χ3v) is 3.05. The fourth-order valence-electron chi connectivity index (χ4n) is 1.97. The lowest BCUT2D eigenvalue weighted by atomic mass is 10.1. The summed E-state index contributed by atoms with van der Waals surface area (Å²) in [7, 11) is 2.02. The molecule has 5 heteroatoms. The van der Waals surface area contributed by atoms with Gasteiger partial charge in [0.25, 0.3) is 0 Å². The topological polar surface area (TPSA) is 62.9 Å². The van der Waals surface area contributed by atoms with Crippen molar-refractivity contribution in [1.29, 1.82) is 0 Å². The summed E-state index contributed by atoms with van der Waals surface area (Å²) in [5, 5.41) is 8.70. The van der Waals surface area contributed by atoms with E-state index in [1.165, 1.54) is 0 Å². The van der Waals surface area contributed by atoms with Crippen LogP contribution in [0.4, 0.5) is 0 Å². The Morgan fingerprint density at radius 3 is 2.62 bits per heavy atom. The number of hydrogen-bond acceptors (Lipinski definition) is 4. The predicted octanol–water partition coefficient (Wildman–Crippen LogP) is 2.42. The standard InChI is InChI=1S/C16H19NO4/c1-17(11-14-6-8-20-12-14)7-9-21-15-4-2-13(3-5-15)10-16(18)19/h2-6,8,12H,7,9-11H2,1H3,(H,18,19). The first-order valence-electron chi connectivity index (χ1n) is 6.76. The van der Waals surface area contributed by atoms with Crippen molar-refractivity contribution in [3.63, 3.8) is 0 Å². The van der Waals surface area contributed by atoms with Crippen LogP contribution >= 0.6 is 0 Å². The van der Waals surface area contributed by atoms with E-state index in [-0.39, 0.29) is 6.42 Å². The highest BCUT2D eigenvalue weighted by Crippen LogP contribution is 2.12. The first kappa shape index (κ1) is 15.1. The maximum atomic E-state index is 10.6. The van der Waals surface area contributed by atoms with E-state index in [0.717, 1.165) is 30.0 Å². The van der Waals surface area contributed by atoms with Gasteiger partial charge in [0.05, 0.1) is 18.9 Å². The molecule has 0 radical (unpaired) electrons. The van der Waals surface area contributed by atoms with Crippen LogP contribution in [-0.4, -0.2) is 36.2 Å². The molecule has 1 N–H and O–H groups in total. The number of hydrogen-bond donors (Lipinski definition) is 1. The van der Waals surface area contributed by atoms with Crippen molar-refractivity contribution in [3.8, 4) is 5.75 Å². The number of carboxylic acid groups (broad SMARTS) is 1. The number of carbonyl (C=O) groups is 1. The van der Waals surface area contributed by atoms with Crippen LogP contribution in [0.1, 0.15) is 11.1 Å². The van der Waals surface area contributed by atoms with Crippen LogP contribution in [0.3, 0.4) is 0 Å². The van der Waals surface area contributed by atoms with Gasteiger partial charge in [-0.1, -0.05) is 12.1 Å². The monoisotopic (exact) mass is 289 g/mol. The molecular weight excluding hydrogens is 270 g/mol. The van der Waals surface area contributed by atoms with E-state index in [1.807, 2.05) is 13.1 Å². The fraction of sp³-hybridized carbons (Fsp3) is 0.312. The molecule has 0 aliphatic rings. The Hall–Kier alpha value is -2.27. The molecule has 21 heavy (non-hydrogen) atoms. The summed E-state index contributed by atoms with van der Waals surface area (Å²) in [5.74, 6) is -0.0783. The summed E-state index contributed by atoms with van der Waals surface area (Å²) in [5.41, 5.74) is 1.91. The van der Waals surface area contributed by atoms with Gasteiger partial charge in [0.15, 0.2) is 0 Å². The Balaban J connectivity index is 1.71. The average molecular weight is 289 g/mol. The number of ether oxygens (including phenoxy) is 1. The van der Waals surface area contributed by atoms with Crippen molar-refractivity contribution in [2.45, 2.75) is 13.0 Å². The van der Waals surface area contributed by atoms with Gasteiger partial charge in [-0.3, -0.25) is 9.69 Å². The van der Waals surface area contributed by atoms with Crippen molar-refractivity contribution >= 4 is 5.97 Å². The molecule has 1 heterocycles. The van der Waals surface area contributed by atoms with Gasteiger partial charge in [-0.2, -0.15) is 0 Å². The normalized spacial score (nSPS) is 10.8. The van der Waals surface area contributed by atoms with Crippen LogP contribution in [0.25, 0.3) is 0 Å². The van der Waals surface area contributed by atoms with Gasteiger partial charge >= 0.3 is 5.97 Å². The van der Waals surface area contributed by atoms with Gasteiger partial charge < -0.3 is 14.3 Å². The molecule has 112 valence electrons. The minimum absolute atomic E-state index is 0.0354. The van der Waals surface area contributed by atoms with E-state index in [1.54, 1.807) is 36.8 Å².